The van der Waals surface area contributed by atoms with Crippen molar-refractivity contribution in [1.29, 1.82) is 0 Å². The molecule has 0 saturated carbocycles. The minimum Gasteiger partial charge on any atom is -0.288 e. The van der Waals surface area contributed by atoms with Crippen LogP contribution in [0.3, 0.4) is 0 Å². The Morgan fingerprint density at radius 3 is 2.84 bits per heavy atom. The molecule has 2 aromatic heterocycles. The van der Waals surface area contributed by atoms with E-state index in [1.165, 1.54) is 29.2 Å². The Hall–Kier alpha value is -2.88. The molecule has 0 fully saturated rings. The van der Waals surface area contributed by atoms with Crippen LogP contribution in [0, 0.1) is 5.82 Å². The molecule has 7 nitrogen and oxygen atoms in total. The largest absolute Gasteiger partial charge is 0.333 e. The SMILES string of the molecule is O=C(Nc1ncn(Cc2c(F)cccc2Cl)n1)c1ccnn1C(F)F. The Balaban J connectivity index is 1.74. The first-order valence-corrected chi connectivity index (χ1v) is 7.29. The molecule has 3 rings (SSSR count). The van der Waals surface area contributed by atoms with E-state index in [2.05, 4.69) is 20.5 Å². The monoisotopic (exact) mass is 370 g/mol. The van der Waals surface area contributed by atoms with Crippen LogP contribution >= 0.6 is 11.6 Å². The molecule has 0 bridgehead atoms. The van der Waals surface area contributed by atoms with Gasteiger partial charge in [0.2, 0.25) is 5.95 Å². The van der Waals surface area contributed by atoms with Gasteiger partial charge in [0, 0.05) is 16.8 Å². The van der Waals surface area contributed by atoms with Crippen molar-refractivity contribution in [1.82, 2.24) is 24.5 Å². The molecular weight excluding hydrogens is 361 g/mol. The Morgan fingerprint density at radius 2 is 2.12 bits per heavy atom. The fraction of sp³-hybridized carbons (Fsp3) is 0.143. The maximum absolute atomic E-state index is 13.8. The van der Waals surface area contributed by atoms with Gasteiger partial charge in [-0.25, -0.2) is 14.1 Å². The van der Waals surface area contributed by atoms with E-state index >= 15 is 0 Å². The number of rotatable bonds is 5. The molecule has 0 unspecified atom stereocenters. The summed E-state index contributed by atoms with van der Waals surface area (Å²) in [6.07, 6.45) is 2.33. The van der Waals surface area contributed by atoms with Crippen LogP contribution in [-0.4, -0.2) is 30.5 Å². The summed E-state index contributed by atoms with van der Waals surface area (Å²) in [5.41, 5.74) is -0.133. The van der Waals surface area contributed by atoms with Gasteiger partial charge in [-0.15, -0.1) is 5.10 Å². The van der Waals surface area contributed by atoms with Gasteiger partial charge in [0.05, 0.1) is 6.54 Å². The van der Waals surface area contributed by atoms with E-state index < -0.39 is 18.3 Å². The lowest BCUT2D eigenvalue weighted by molar-refractivity contribution is 0.0520. The predicted molar refractivity (Wildman–Crippen MR) is 82.0 cm³/mol. The van der Waals surface area contributed by atoms with Gasteiger partial charge in [0.1, 0.15) is 17.8 Å². The van der Waals surface area contributed by atoms with Crippen LogP contribution in [0.5, 0.6) is 0 Å². The fourth-order valence-electron chi connectivity index (χ4n) is 2.09. The van der Waals surface area contributed by atoms with Gasteiger partial charge in [-0.05, 0) is 18.2 Å². The highest BCUT2D eigenvalue weighted by atomic mass is 35.5. The number of carbonyl (C=O) groups excluding carboxylic acids is 1. The number of benzene rings is 1. The lowest BCUT2D eigenvalue weighted by atomic mass is 10.2. The minimum atomic E-state index is -2.95. The quantitative estimate of drug-likeness (QED) is 0.749. The normalized spacial score (nSPS) is 11.1. The molecule has 11 heteroatoms. The van der Waals surface area contributed by atoms with Crippen LogP contribution in [0.4, 0.5) is 19.1 Å². The van der Waals surface area contributed by atoms with Crippen molar-refractivity contribution in [2.24, 2.45) is 0 Å². The highest BCUT2D eigenvalue weighted by Crippen LogP contribution is 2.20. The van der Waals surface area contributed by atoms with Crippen molar-refractivity contribution in [3.05, 3.63) is 58.9 Å². The summed E-state index contributed by atoms with van der Waals surface area (Å²) in [5, 5.41) is 9.80. The van der Waals surface area contributed by atoms with Crippen LogP contribution in [-0.2, 0) is 6.54 Å². The number of halogens is 4. The molecule has 0 atom stereocenters. The van der Waals surface area contributed by atoms with Gasteiger partial charge in [-0.1, -0.05) is 17.7 Å². The zero-order valence-corrected chi connectivity index (χ0v) is 13.2. The topological polar surface area (TPSA) is 77.6 Å². The zero-order chi connectivity index (χ0) is 18.0. The van der Waals surface area contributed by atoms with E-state index in [1.54, 1.807) is 0 Å². The van der Waals surface area contributed by atoms with Crippen LogP contribution in [0.25, 0.3) is 0 Å². The average Bonchev–Trinajstić information content (AvgIpc) is 3.20. The number of nitrogens with one attached hydrogen (secondary N) is 1. The number of carbonyl (C=O) groups is 1. The van der Waals surface area contributed by atoms with E-state index in [1.807, 2.05) is 0 Å². The molecular formula is C14H10ClF3N6O. The van der Waals surface area contributed by atoms with E-state index in [-0.39, 0.29) is 33.5 Å². The third-order valence-corrected chi connectivity index (χ3v) is 3.59. The first-order valence-electron chi connectivity index (χ1n) is 6.91. The summed E-state index contributed by atoms with van der Waals surface area (Å²) in [6.45, 7) is -2.96. The van der Waals surface area contributed by atoms with Crippen LogP contribution < -0.4 is 5.32 Å². The first kappa shape index (κ1) is 17.0. The summed E-state index contributed by atoms with van der Waals surface area (Å²) < 4.78 is 40.7. The molecule has 0 radical (unpaired) electrons. The number of aromatic nitrogens is 5. The second kappa shape index (κ2) is 6.93. The lowest BCUT2D eigenvalue weighted by Gasteiger charge is -2.06. The maximum Gasteiger partial charge on any atom is 0.333 e. The minimum absolute atomic E-state index is 0.0106. The zero-order valence-electron chi connectivity index (χ0n) is 12.4. The summed E-state index contributed by atoms with van der Waals surface area (Å²) in [5.74, 6) is -1.48. The molecule has 1 N–H and O–H groups in total. The van der Waals surface area contributed by atoms with E-state index in [9.17, 15) is 18.0 Å². The predicted octanol–water partition coefficient (Wildman–Crippen LogP) is 2.96. The number of amides is 1. The second-order valence-corrected chi connectivity index (χ2v) is 5.27. The molecule has 0 aliphatic carbocycles. The van der Waals surface area contributed by atoms with Crippen molar-refractivity contribution in [3.8, 4) is 0 Å². The van der Waals surface area contributed by atoms with Crippen LogP contribution in [0.2, 0.25) is 5.02 Å². The van der Waals surface area contributed by atoms with Crippen molar-refractivity contribution in [2.45, 2.75) is 13.1 Å². The van der Waals surface area contributed by atoms with Gasteiger partial charge in [-0.2, -0.15) is 18.6 Å². The van der Waals surface area contributed by atoms with Gasteiger partial charge in [0.15, 0.2) is 0 Å². The smallest absolute Gasteiger partial charge is 0.288 e. The maximum atomic E-state index is 13.8. The van der Waals surface area contributed by atoms with E-state index in [4.69, 9.17) is 11.6 Å². The molecule has 130 valence electrons. The Bertz CT molecular complexity index is 889. The first-order chi connectivity index (χ1) is 12.0. The number of nitrogens with zero attached hydrogens (tertiary/aromatic N) is 5. The van der Waals surface area contributed by atoms with E-state index in [0.717, 1.165) is 12.3 Å². The molecule has 25 heavy (non-hydrogen) atoms. The number of hydrogen-bond donors (Lipinski definition) is 1. The average molecular weight is 371 g/mol. The Labute approximate surface area is 144 Å². The van der Waals surface area contributed by atoms with Gasteiger partial charge < -0.3 is 0 Å². The summed E-state index contributed by atoms with van der Waals surface area (Å²) >= 11 is 5.93. The van der Waals surface area contributed by atoms with Crippen molar-refractivity contribution in [3.63, 3.8) is 0 Å². The summed E-state index contributed by atoms with van der Waals surface area (Å²) in [4.78, 5) is 15.8. The Morgan fingerprint density at radius 1 is 1.32 bits per heavy atom. The molecule has 0 aliphatic heterocycles. The number of alkyl halides is 2. The molecule has 3 aromatic rings. The molecule has 1 amide bonds. The third-order valence-electron chi connectivity index (χ3n) is 3.23. The summed E-state index contributed by atoms with van der Waals surface area (Å²) in [6, 6.07) is 5.40. The Kier molecular flexibility index (Phi) is 4.70. The fourth-order valence-corrected chi connectivity index (χ4v) is 2.31. The summed E-state index contributed by atoms with van der Waals surface area (Å²) in [7, 11) is 0. The van der Waals surface area contributed by atoms with Crippen molar-refractivity contribution >= 4 is 23.5 Å². The number of anilines is 1. The van der Waals surface area contributed by atoms with Gasteiger partial charge >= 0.3 is 6.55 Å². The molecule has 1 aromatic carbocycles. The van der Waals surface area contributed by atoms with Gasteiger partial charge in [-0.3, -0.25) is 10.1 Å². The lowest BCUT2D eigenvalue weighted by Crippen LogP contribution is -2.19. The van der Waals surface area contributed by atoms with E-state index in [0.29, 0.717) is 0 Å². The highest BCUT2D eigenvalue weighted by Gasteiger charge is 2.19. The van der Waals surface area contributed by atoms with Gasteiger partial charge in [0.25, 0.3) is 5.91 Å². The van der Waals surface area contributed by atoms with Crippen LogP contribution in [0.1, 0.15) is 22.6 Å². The molecule has 0 spiro atoms. The molecule has 0 saturated heterocycles. The van der Waals surface area contributed by atoms with Crippen molar-refractivity contribution < 1.29 is 18.0 Å². The standard InChI is InChI=1S/C14H10ClF3N6O/c15-9-2-1-3-10(16)8(9)6-23-7-19-14(22-23)21-12(25)11-4-5-20-24(11)13(17)18/h1-5,7,13H,6H2,(H,21,22,25). The van der Waals surface area contributed by atoms with Crippen molar-refractivity contribution in [2.75, 3.05) is 5.32 Å². The molecule has 2 heterocycles. The number of hydrogen-bond acceptors (Lipinski definition) is 4. The highest BCUT2D eigenvalue weighted by molar-refractivity contribution is 6.31. The third kappa shape index (κ3) is 3.63. The second-order valence-electron chi connectivity index (χ2n) is 4.86. The molecule has 0 aliphatic rings. The van der Waals surface area contributed by atoms with Crippen LogP contribution in [0.15, 0.2) is 36.8 Å².